The van der Waals surface area contributed by atoms with Crippen LogP contribution in [0.4, 0.5) is 0 Å². The van der Waals surface area contributed by atoms with E-state index in [-0.39, 0.29) is 0 Å². The van der Waals surface area contributed by atoms with Gasteiger partial charge in [0.1, 0.15) is 49.3 Å². The number of ether oxygens (including phenoxy) is 3. The summed E-state index contributed by atoms with van der Waals surface area (Å²) < 4.78 is 15.4. The van der Waals surface area contributed by atoms with E-state index >= 15 is 0 Å². The Labute approximate surface area is 130 Å². The van der Waals surface area contributed by atoms with Gasteiger partial charge in [0.15, 0.2) is 6.29 Å². The maximum absolute atomic E-state index is 10.00. The minimum absolute atomic E-state index is 0.476. The number of aliphatic hydroxyl groups excluding tert-OH is 8. The summed E-state index contributed by atoms with van der Waals surface area (Å²) in [6, 6.07) is 0. The second-order valence-electron chi connectivity index (χ2n) is 5.60. The molecule has 136 valence electrons. The highest BCUT2D eigenvalue weighted by atomic mass is 16.8. The molecule has 2 heterocycles. The Morgan fingerprint density at radius 2 is 1.57 bits per heavy atom. The van der Waals surface area contributed by atoms with Crippen LogP contribution in [-0.2, 0) is 14.2 Å². The summed E-state index contributed by atoms with van der Waals surface area (Å²) >= 11 is 0. The van der Waals surface area contributed by atoms with Crippen molar-refractivity contribution in [3.63, 3.8) is 0 Å². The summed E-state index contributed by atoms with van der Waals surface area (Å²) in [5.41, 5.74) is 0. The molecule has 11 heteroatoms. The van der Waals surface area contributed by atoms with Crippen molar-refractivity contribution in [3.8, 4) is 0 Å². The lowest BCUT2D eigenvalue weighted by Crippen LogP contribution is -2.68. The van der Waals surface area contributed by atoms with Gasteiger partial charge in [0, 0.05) is 0 Å². The van der Waals surface area contributed by atoms with Crippen molar-refractivity contribution in [3.05, 3.63) is 0 Å². The summed E-state index contributed by atoms with van der Waals surface area (Å²) in [4.78, 5) is 0. The molecule has 0 saturated carbocycles. The van der Waals surface area contributed by atoms with Crippen LogP contribution in [0.5, 0.6) is 0 Å². The van der Waals surface area contributed by atoms with Gasteiger partial charge in [-0.05, 0) is 0 Å². The molecule has 0 aromatic heterocycles. The van der Waals surface area contributed by atoms with Crippen molar-refractivity contribution in [1.82, 2.24) is 0 Å². The molecule has 8 N–H and O–H groups in total. The second kappa shape index (κ2) is 7.21. The van der Waals surface area contributed by atoms with E-state index in [0.29, 0.717) is 0 Å². The van der Waals surface area contributed by atoms with Gasteiger partial charge in [0.2, 0.25) is 5.79 Å². The molecule has 2 saturated heterocycles. The van der Waals surface area contributed by atoms with Crippen molar-refractivity contribution >= 4 is 0 Å². The number of hydrogen-bond donors (Lipinski definition) is 8. The quantitative estimate of drug-likeness (QED) is 0.243. The Kier molecular flexibility index (Phi) is 5.92. The zero-order chi connectivity index (χ0) is 17.4. The lowest BCUT2D eigenvalue weighted by molar-refractivity contribution is -0.415. The smallest absolute Gasteiger partial charge is 0.223 e. The summed E-state index contributed by atoms with van der Waals surface area (Å²) in [7, 11) is 0. The van der Waals surface area contributed by atoms with Gasteiger partial charge < -0.3 is 55.1 Å². The van der Waals surface area contributed by atoms with Gasteiger partial charge in [-0.2, -0.15) is 0 Å². The Hall–Kier alpha value is -0.440. The number of aliphatic hydroxyl groups is 8. The Bertz CT molecular complexity index is 393. The molecule has 23 heavy (non-hydrogen) atoms. The fourth-order valence-corrected chi connectivity index (χ4v) is 2.52. The highest BCUT2D eigenvalue weighted by molar-refractivity contribution is 4.95. The van der Waals surface area contributed by atoms with Gasteiger partial charge in [-0.25, -0.2) is 0 Å². The third-order valence-electron chi connectivity index (χ3n) is 4.05. The van der Waals surface area contributed by atoms with E-state index in [1.807, 2.05) is 0 Å². The van der Waals surface area contributed by atoms with Crippen LogP contribution in [0.25, 0.3) is 0 Å². The zero-order valence-electron chi connectivity index (χ0n) is 12.0. The van der Waals surface area contributed by atoms with Crippen LogP contribution in [0.2, 0.25) is 0 Å². The zero-order valence-corrected chi connectivity index (χ0v) is 12.0. The number of rotatable bonds is 4. The predicted molar refractivity (Wildman–Crippen MR) is 68.6 cm³/mol. The van der Waals surface area contributed by atoms with Crippen LogP contribution < -0.4 is 0 Å². The van der Waals surface area contributed by atoms with Crippen molar-refractivity contribution in [2.75, 3.05) is 19.8 Å². The third-order valence-corrected chi connectivity index (χ3v) is 4.05. The molecule has 0 aromatic carbocycles. The predicted octanol–water partition coefficient (Wildman–Crippen LogP) is -5.40. The SMILES string of the molecule is OC[C@H]1O[C@H](O[C@]2(CO)OC[C@@H](O)[C@@H](O)[C@@H]2O)[C@H](O)[C@@H](O)[C@@H]1O. The summed E-state index contributed by atoms with van der Waals surface area (Å²) in [5.74, 6) is -2.23. The van der Waals surface area contributed by atoms with Gasteiger partial charge in [-0.15, -0.1) is 0 Å². The largest absolute Gasteiger partial charge is 0.394 e. The summed E-state index contributed by atoms with van der Waals surface area (Å²) in [6.45, 7) is -2.13. The van der Waals surface area contributed by atoms with Gasteiger partial charge in [-0.3, -0.25) is 0 Å². The highest BCUT2D eigenvalue weighted by Gasteiger charge is 2.55. The molecule has 2 rings (SSSR count). The average molecular weight is 342 g/mol. The first kappa shape index (κ1) is 18.9. The first-order chi connectivity index (χ1) is 10.8. The van der Waals surface area contributed by atoms with E-state index in [2.05, 4.69) is 0 Å². The van der Waals surface area contributed by atoms with E-state index in [9.17, 15) is 35.7 Å². The van der Waals surface area contributed by atoms with Crippen molar-refractivity contribution in [2.24, 2.45) is 0 Å². The Morgan fingerprint density at radius 3 is 2.13 bits per heavy atom. The Morgan fingerprint density at radius 1 is 0.913 bits per heavy atom. The third kappa shape index (κ3) is 3.36. The monoisotopic (exact) mass is 342 g/mol. The summed E-state index contributed by atoms with van der Waals surface area (Å²) in [5, 5.41) is 77.0. The fraction of sp³-hybridized carbons (Fsp3) is 1.00. The van der Waals surface area contributed by atoms with Crippen LogP contribution in [0.1, 0.15) is 0 Å². The normalized spacial score (nSPS) is 51.7. The Balaban J connectivity index is 2.17. The molecule has 2 aliphatic heterocycles. The molecule has 9 atom stereocenters. The topological polar surface area (TPSA) is 190 Å². The van der Waals surface area contributed by atoms with Gasteiger partial charge in [0.25, 0.3) is 0 Å². The van der Waals surface area contributed by atoms with Crippen LogP contribution in [-0.4, -0.2) is 115 Å². The molecule has 0 bridgehead atoms. The van der Waals surface area contributed by atoms with Crippen LogP contribution >= 0.6 is 0 Å². The van der Waals surface area contributed by atoms with E-state index in [1.165, 1.54) is 0 Å². The molecule has 0 spiro atoms. The molecule has 0 unspecified atom stereocenters. The van der Waals surface area contributed by atoms with Crippen LogP contribution in [0.3, 0.4) is 0 Å². The summed E-state index contributed by atoms with van der Waals surface area (Å²) in [6.07, 6.45) is -13.0. The van der Waals surface area contributed by atoms with Gasteiger partial charge in [-0.1, -0.05) is 0 Å². The number of hydrogen-bond acceptors (Lipinski definition) is 11. The lowest BCUT2D eigenvalue weighted by atomic mass is 9.96. The molecular formula is C12H22O11. The molecule has 2 fully saturated rings. The van der Waals surface area contributed by atoms with E-state index in [4.69, 9.17) is 19.3 Å². The first-order valence-electron chi connectivity index (χ1n) is 7.04. The van der Waals surface area contributed by atoms with E-state index < -0.39 is 74.6 Å². The highest BCUT2D eigenvalue weighted by Crippen LogP contribution is 2.32. The minimum atomic E-state index is -2.23. The average Bonchev–Trinajstić information content (AvgIpc) is 2.56. The fourth-order valence-electron chi connectivity index (χ4n) is 2.52. The molecular weight excluding hydrogens is 320 g/mol. The first-order valence-corrected chi connectivity index (χ1v) is 7.04. The molecule has 0 amide bonds. The maximum atomic E-state index is 10.00. The van der Waals surface area contributed by atoms with Crippen LogP contribution in [0, 0.1) is 0 Å². The second-order valence-corrected chi connectivity index (χ2v) is 5.60. The lowest BCUT2D eigenvalue weighted by Gasteiger charge is -2.48. The van der Waals surface area contributed by atoms with E-state index in [1.54, 1.807) is 0 Å². The van der Waals surface area contributed by atoms with Crippen LogP contribution in [0.15, 0.2) is 0 Å². The molecule has 11 nitrogen and oxygen atoms in total. The van der Waals surface area contributed by atoms with Crippen molar-refractivity contribution in [1.29, 1.82) is 0 Å². The minimum Gasteiger partial charge on any atom is -0.394 e. The molecule has 2 aliphatic rings. The van der Waals surface area contributed by atoms with Gasteiger partial charge in [0.05, 0.1) is 13.2 Å². The van der Waals surface area contributed by atoms with Crippen molar-refractivity contribution in [2.45, 2.75) is 54.8 Å². The van der Waals surface area contributed by atoms with E-state index in [0.717, 1.165) is 0 Å². The maximum Gasteiger partial charge on any atom is 0.223 e. The molecule has 0 aromatic rings. The standard InChI is InChI=1S/C12H22O11/c13-1-5-7(17)8(18)9(19)11(22-5)23-12(3-14)10(20)6(16)4(15)2-21-12/h4-11,13-20H,1-3H2/t4-,5-,6-,7-,8+,9-,10+,11-,12+/m1/s1. The van der Waals surface area contributed by atoms with Gasteiger partial charge >= 0.3 is 0 Å². The molecule has 0 radical (unpaired) electrons. The molecule has 0 aliphatic carbocycles. The van der Waals surface area contributed by atoms with Crippen molar-refractivity contribution < 1.29 is 55.1 Å².